The SMILES string of the molecule is CC(C)n1nc(-c2cncc(C(F)(F)F)c2)nc1[C@H]1[C@@H]2C[C@H](N3CCC4(C3)CS(=O)(=O)C4)C[C@@H]21. The van der Waals surface area contributed by atoms with Crippen LogP contribution in [0.3, 0.4) is 0 Å². The van der Waals surface area contributed by atoms with Crippen LogP contribution in [0.5, 0.6) is 0 Å². The van der Waals surface area contributed by atoms with E-state index in [0.29, 0.717) is 29.4 Å². The van der Waals surface area contributed by atoms with E-state index in [4.69, 9.17) is 4.98 Å². The number of hydrogen-bond donors (Lipinski definition) is 0. The van der Waals surface area contributed by atoms with Gasteiger partial charge in [-0.15, -0.1) is 0 Å². The highest BCUT2D eigenvalue weighted by Gasteiger charge is 2.61. The normalized spacial score (nSPS) is 31.7. The first-order chi connectivity index (χ1) is 15.9. The second-order valence-electron chi connectivity index (χ2n) is 11.0. The molecule has 4 aliphatic rings. The lowest BCUT2D eigenvalue weighted by atomic mass is 9.91. The molecule has 0 unspecified atom stereocenters. The highest BCUT2D eigenvalue weighted by molar-refractivity contribution is 7.92. The minimum Gasteiger partial charge on any atom is -0.300 e. The number of likely N-dealkylation sites (tertiary alicyclic amines) is 1. The monoisotopic (exact) mass is 495 g/mol. The highest BCUT2D eigenvalue weighted by Crippen LogP contribution is 2.64. The van der Waals surface area contributed by atoms with E-state index in [1.54, 1.807) is 0 Å². The van der Waals surface area contributed by atoms with E-state index in [-0.39, 0.29) is 28.8 Å². The molecule has 0 N–H and O–H groups in total. The van der Waals surface area contributed by atoms with Crippen molar-refractivity contribution in [1.29, 1.82) is 0 Å². The van der Waals surface area contributed by atoms with Gasteiger partial charge in [0.15, 0.2) is 15.7 Å². The quantitative estimate of drug-likeness (QED) is 0.645. The summed E-state index contributed by atoms with van der Waals surface area (Å²) in [5, 5.41) is 4.57. The molecule has 0 radical (unpaired) electrons. The van der Waals surface area contributed by atoms with Crippen molar-refractivity contribution < 1.29 is 21.6 Å². The number of fused-ring (bicyclic) bond motifs is 1. The van der Waals surface area contributed by atoms with Crippen LogP contribution in [0.4, 0.5) is 13.2 Å². The van der Waals surface area contributed by atoms with E-state index in [0.717, 1.165) is 50.4 Å². The molecule has 2 aromatic heterocycles. The average molecular weight is 496 g/mol. The van der Waals surface area contributed by atoms with Crippen LogP contribution in [0.2, 0.25) is 0 Å². The first-order valence-corrected chi connectivity index (χ1v) is 13.7. The van der Waals surface area contributed by atoms with Crippen molar-refractivity contribution in [3.8, 4) is 11.4 Å². The van der Waals surface area contributed by atoms with Crippen molar-refractivity contribution in [2.75, 3.05) is 24.6 Å². The van der Waals surface area contributed by atoms with Crippen LogP contribution in [0.15, 0.2) is 18.5 Å². The number of pyridine rings is 1. The second-order valence-corrected chi connectivity index (χ2v) is 13.1. The fourth-order valence-electron chi connectivity index (χ4n) is 6.68. The summed E-state index contributed by atoms with van der Waals surface area (Å²) in [5.41, 5.74) is -0.547. The molecular weight excluding hydrogens is 467 g/mol. The van der Waals surface area contributed by atoms with E-state index in [9.17, 15) is 21.6 Å². The molecular formula is C23H28F3N5O2S. The van der Waals surface area contributed by atoms with Gasteiger partial charge in [0.25, 0.3) is 0 Å². The summed E-state index contributed by atoms with van der Waals surface area (Å²) in [6.45, 7) is 5.86. The van der Waals surface area contributed by atoms with Crippen molar-refractivity contribution in [1.82, 2.24) is 24.6 Å². The van der Waals surface area contributed by atoms with Gasteiger partial charge in [-0.3, -0.25) is 9.88 Å². The van der Waals surface area contributed by atoms with Crippen LogP contribution in [-0.4, -0.2) is 63.7 Å². The zero-order valence-corrected chi connectivity index (χ0v) is 20.0. The summed E-state index contributed by atoms with van der Waals surface area (Å²) >= 11 is 0. The molecule has 184 valence electrons. The van der Waals surface area contributed by atoms with Crippen LogP contribution in [0.25, 0.3) is 11.4 Å². The summed E-state index contributed by atoms with van der Waals surface area (Å²) in [6.07, 6.45) is 0.820. The van der Waals surface area contributed by atoms with Crippen LogP contribution < -0.4 is 0 Å². The van der Waals surface area contributed by atoms with Crippen LogP contribution >= 0.6 is 0 Å². The smallest absolute Gasteiger partial charge is 0.300 e. The Labute approximate surface area is 196 Å². The lowest BCUT2D eigenvalue weighted by molar-refractivity contribution is -0.137. The molecule has 0 bridgehead atoms. The third-order valence-corrected chi connectivity index (χ3v) is 10.3. The van der Waals surface area contributed by atoms with Gasteiger partial charge in [-0.25, -0.2) is 18.1 Å². The highest BCUT2D eigenvalue weighted by atomic mass is 32.2. The first kappa shape index (κ1) is 22.5. The third-order valence-electron chi connectivity index (χ3n) is 8.23. The first-order valence-electron chi connectivity index (χ1n) is 11.9. The molecule has 0 aromatic carbocycles. The van der Waals surface area contributed by atoms with Gasteiger partial charge in [0.2, 0.25) is 0 Å². The molecule has 6 rings (SSSR count). The number of halogens is 3. The Bertz CT molecular complexity index is 1220. The molecule has 4 atom stereocenters. The Hall–Kier alpha value is -2.01. The van der Waals surface area contributed by atoms with E-state index >= 15 is 0 Å². The minimum atomic E-state index is -4.47. The lowest BCUT2D eigenvalue weighted by Crippen LogP contribution is -2.50. The van der Waals surface area contributed by atoms with E-state index in [1.807, 2.05) is 18.5 Å². The van der Waals surface area contributed by atoms with Crippen molar-refractivity contribution in [3.63, 3.8) is 0 Å². The fraction of sp³-hybridized carbons (Fsp3) is 0.696. The molecule has 2 saturated heterocycles. The molecule has 4 heterocycles. The van der Waals surface area contributed by atoms with Crippen molar-refractivity contribution in [2.45, 2.75) is 57.3 Å². The Balaban J connectivity index is 1.17. The maximum Gasteiger partial charge on any atom is 0.417 e. The molecule has 2 aliphatic carbocycles. The summed E-state index contributed by atoms with van der Waals surface area (Å²) in [4.78, 5) is 11.0. The maximum atomic E-state index is 13.1. The van der Waals surface area contributed by atoms with Gasteiger partial charge in [-0.1, -0.05) is 0 Å². The number of aromatic nitrogens is 4. The Kier molecular flexibility index (Phi) is 4.79. The molecule has 2 aromatic rings. The summed E-state index contributed by atoms with van der Waals surface area (Å²) in [7, 11) is -2.82. The van der Waals surface area contributed by atoms with Crippen LogP contribution in [0.1, 0.15) is 56.5 Å². The summed E-state index contributed by atoms with van der Waals surface area (Å²) < 4.78 is 64.7. The molecule has 1 spiro atoms. The number of sulfone groups is 1. The van der Waals surface area contributed by atoms with Gasteiger partial charge < -0.3 is 0 Å². The topological polar surface area (TPSA) is 81.0 Å². The van der Waals surface area contributed by atoms with Gasteiger partial charge in [0.05, 0.1) is 17.1 Å². The van der Waals surface area contributed by atoms with E-state index in [1.165, 1.54) is 6.20 Å². The number of hydrogen-bond acceptors (Lipinski definition) is 6. The molecule has 2 saturated carbocycles. The van der Waals surface area contributed by atoms with Gasteiger partial charge in [0, 0.05) is 47.9 Å². The van der Waals surface area contributed by atoms with Gasteiger partial charge >= 0.3 is 6.18 Å². The molecule has 11 heteroatoms. The van der Waals surface area contributed by atoms with E-state index in [2.05, 4.69) is 15.0 Å². The number of alkyl halides is 3. The molecule has 4 fully saturated rings. The van der Waals surface area contributed by atoms with Gasteiger partial charge in [-0.05, 0) is 57.6 Å². The Morgan fingerprint density at radius 3 is 2.47 bits per heavy atom. The standard InChI is InChI=1S/C23H28F3N5O2S/c1-13(2)31-21(28-20(29-31)14-5-15(9-27-8-14)23(24,25)26)19-17-6-16(7-18(17)19)30-4-3-22(10-30)11-34(32,33)12-22/h5,8-9,13,16-19H,3-4,6-7,10-12H2,1-2H3/t16-,17+,18-,19-. The lowest BCUT2D eigenvalue weighted by Gasteiger charge is -2.38. The third kappa shape index (κ3) is 3.66. The number of rotatable bonds is 4. The number of nitrogens with zero attached hydrogens (tertiary/aromatic N) is 5. The summed E-state index contributed by atoms with van der Waals surface area (Å²) in [5.74, 6) is 3.10. The molecule has 34 heavy (non-hydrogen) atoms. The fourth-order valence-corrected chi connectivity index (χ4v) is 8.94. The van der Waals surface area contributed by atoms with Crippen molar-refractivity contribution >= 4 is 9.84 Å². The predicted molar refractivity (Wildman–Crippen MR) is 119 cm³/mol. The summed E-state index contributed by atoms with van der Waals surface area (Å²) in [6, 6.07) is 1.59. The largest absolute Gasteiger partial charge is 0.417 e. The zero-order valence-electron chi connectivity index (χ0n) is 19.2. The van der Waals surface area contributed by atoms with Crippen molar-refractivity contribution in [3.05, 3.63) is 29.8 Å². The average Bonchev–Trinajstić information content (AvgIpc) is 3.18. The van der Waals surface area contributed by atoms with Crippen LogP contribution in [-0.2, 0) is 16.0 Å². The van der Waals surface area contributed by atoms with E-state index < -0.39 is 21.6 Å². The second kappa shape index (κ2) is 7.25. The zero-order chi connectivity index (χ0) is 24.0. The predicted octanol–water partition coefficient (Wildman–Crippen LogP) is 3.55. The van der Waals surface area contributed by atoms with Gasteiger partial charge in [-0.2, -0.15) is 18.3 Å². The van der Waals surface area contributed by atoms with Crippen molar-refractivity contribution in [2.24, 2.45) is 17.3 Å². The van der Waals surface area contributed by atoms with Crippen LogP contribution in [0, 0.1) is 17.3 Å². The molecule has 0 amide bonds. The molecule has 7 nitrogen and oxygen atoms in total. The Morgan fingerprint density at radius 2 is 1.85 bits per heavy atom. The minimum absolute atomic E-state index is 0.0171. The van der Waals surface area contributed by atoms with Gasteiger partial charge in [0.1, 0.15) is 5.82 Å². The Morgan fingerprint density at radius 1 is 1.15 bits per heavy atom. The maximum absolute atomic E-state index is 13.1. The molecule has 2 aliphatic heterocycles.